The highest BCUT2D eigenvalue weighted by molar-refractivity contribution is 5.88. The van der Waals surface area contributed by atoms with Gasteiger partial charge in [-0.15, -0.1) is 0 Å². The first-order valence-electron chi connectivity index (χ1n) is 7.79. The summed E-state index contributed by atoms with van der Waals surface area (Å²) in [4.78, 5) is 19.6. The van der Waals surface area contributed by atoms with Crippen molar-refractivity contribution in [3.8, 4) is 17.0 Å². The van der Waals surface area contributed by atoms with Crippen LogP contribution in [0.2, 0.25) is 0 Å². The zero-order valence-electron chi connectivity index (χ0n) is 13.7. The minimum Gasteiger partial charge on any atom is -0.492 e. The van der Waals surface area contributed by atoms with Gasteiger partial charge in [-0.1, -0.05) is 0 Å². The van der Waals surface area contributed by atoms with E-state index in [0.29, 0.717) is 30.4 Å². The predicted molar refractivity (Wildman–Crippen MR) is 87.6 cm³/mol. The van der Waals surface area contributed by atoms with E-state index >= 15 is 0 Å². The number of esters is 1. The van der Waals surface area contributed by atoms with Crippen LogP contribution in [-0.2, 0) is 9.47 Å². The van der Waals surface area contributed by atoms with E-state index < -0.39 is 11.8 Å². The Kier molecular flexibility index (Phi) is 5.08. The van der Waals surface area contributed by atoms with Crippen LogP contribution in [0.15, 0.2) is 24.4 Å². The SMILES string of the molecule is COC(=O)c1cnc(-c2cc(F)ccc2OCC2CCOC2)c(N)n1. The van der Waals surface area contributed by atoms with E-state index in [9.17, 15) is 9.18 Å². The molecule has 25 heavy (non-hydrogen) atoms. The fourth-order valence-electron chi connectivity index (χ4n) is 2.55. The molecule has 1 saturated heterocycles. The lowest BCUT2D eigenvalue weighted by atomic mass is 10.1. The first-order valence-corrected chi connectivity index (χ1v) is 7.79. The number of anilines is 1. The smallest absolute Gasteiger partial charge is 0.358 e. The van der Waals surface area contributed by atoms with Gasteiger partial charge in [0.25, 0.3) is 0 Å². The largest absolute Gasteiger partial charge is 0.492 e. The quantitative estimate of drug-likeness (QED) is 0.827. The maximum absolute atomic E-state index is 13.7. The third-order valence-electron chi connectivity index (χ3n) is 3.89. The molecule has 0 spiro atoms. The molecule has 1 atom stereocenters. The lowest BCUT2D eigenvalue weighted by Crippen LogP contribution is -2.13. The molecule has 2 N–H and O–H groups in total. The van der Waals surface area contributed by atoms with Crippen LogP contribution in [0.3, 0.4) is 0 Å². The third kappa shape index (κ3) is 3.85. The van der Waals surface area contributed by atoms with Gasteiger partial charge in [0.1, 0.15) is 17.3 Å². The zero-order chi connectivity index (χ0) is 17.8. The Morgan fingerprint density at radius 1 is 1.48 bits per heavy atom. The van der Waals surface area contributed by atoms with E-state index in [1.165, 1.54) is 31.5 Å². The number of nitrogens with two attached hydrogens (primary N) is 1. The first-order chi connectivity index (χ1) is 12.1. The molecule has 0 amide bonds. The molecule has 1 aliphatic heterocycles. The van der Waals surface area contributed by atoms with E-state index in [-0.39, 0.29) is 17.2 Å². The number of halogens is 1. The number of aromatic nitrogens is 2. The molecule has 3 rings (SSSR count). The van der Waals surface area contributed by atoms with Gasteiger partial charge in [-0.25, -0.2) is 19.2 Å². The fourth-order valence-corrected chi connectivity index (χ4v) is 2.55. The van der Waals surface area contributed by atoms with Crippen molar-refractivity contribution in [1.82, 2.24) is 9.97 Å². The molecule has 2 aromatic rings. The predicted octanol–water partition coefficient (Wildman–Crippen LogP) is 2.07. The molecule has 2 heterocycles. The highest BCUT2D eigenvalue weighted by atomic mass is 19.1. The molecule has 132 valence electrons. The summed E-state index contributed by atoms with van der Waals surface area (Å²) in [7, 11) is 1.24. The molecule has 1 aliphatic rings. The van der Waals surface area contributed by atoms with E-state index in [4.69, 9.17) is 15.2 Å². The molecule has 0 saturated carbocycles. The van der Waals surface area contributed by atoms with Crippen LogP contribution in [0.25, 0.3) is 11.3 Å². The van der Waals surface area contributed by atoms with Crippen molar-refractivity contribution in [2.45, 2.75) is 6.42 Å². The Bertz CT molecular complexity index is 778. The topological polar surface area (TPSA) is 96.6 Å². The number of hydrogen-bond donors (Lipinski definition) is 1. The molecule has 7 nitrogen and oxygen atoms in total. The van der Waals surface area contributed by atoms with Gasteiger partial charge in [0.05, 0.1) is 26.5 Å². The molecule has 0 radical (unpaired) electrons. The Morgan fingerprint density at radius 3 is 3.00 bits per heavy atom. The summed E-state index contributed by atoms with van der Waals surface area (Å²) >= 11 is 0. The third-order valence-corrected chi connectivity index (χ3v) is 3.89. The maximum atomic E-state index is 13.7. The normalized spacial score (nSPS) is 16.6. The Labute approximate surface area is 143 Å². The van der Waals surface area contributed by atoms with Gasteiger partial charge in [0.2, 0.25) is 0 Å². The number of carbonyl (C=O) groups is 1. The fraction of sp³-hybridized carbons (Fsp3) is 0.353. The molecule has 8 heteroatoms. The standard InChI is InChI=1S/C17H18FN3O4/c1-23-17(22)13-7-20-15(16(19)21-13)12-6-11(18)2-3-14(12)25-9-10-4-5-24-8-10/h2-3,6-7,10H,4-5,8-9H2,1H3,(H2,19,21). The van der Waals surface area contributed by atoms with Crippen LogP contribution < -0.4 is 10.5 Å². The molecule has 1 aromatic heterocycles. The summed E-state index contributed by atoms with van der Waals surface area (Å²) in [6.07, 6.45) is 2.16. The van der Waals surface area contributed by atoms with Crippen LogP contribution in [-0.4, -0.2) is 42.9 Å². The number of nitrogen functional groups attached to an aromatic ring is 1. The van der Waals surface area contributed by atoms with E-state index in [1.807, 2.05) is 0 Å². The molecule has 0 aliphatic carbocycles. The Balaban J connectivity index is 1.90. The van der Waals surface area contributed by atoms with Crippen LogP contribution in [0.1, 0.15) is 16.9 Å². The zero-order valence-corrected chi connectivity index (χ0v) is 13.7. The molecule has 1 unspecified atom stereocenters. The van der Waals surface area contributed by atoms with Crippen LogP contribution in [0.4, 0.5) is 10.2 Å². The second-order valence-electron chi connectivity index (χ2n) is 5.66. The highest BCUT2D eigenvalue weighted by Gasteiger charge is 2.20. The summed E-state index contributed by atoms with van der Waals surface area (Å²) in [5.41, 5.74) is 6.50. The number of carbonyl (C=O) groups excluding carboxylic acids is 1. The van der Waals surface area contributed by atoms with E-state index in [2.05, 4.69) is 14.7 Å². The van der Waals surface area contributed by atoms with Crippen molar-refractivity contribution in [3.05, 3.63) is 35.9 Å². The van der Waals surface area contributed by atoms with Crippen molar-refractivity contribution in [3.63, 3.8) is 0 Å². The molecule has 1 fully saturated rings. The summed E-state index contributed by atoms with van der Waals surface area (Å²) in [6, 6.07) is 4.10. The van der Waals surface area contributed by atoms with Crippen molar-refractivity contribution >= 4 is 11.8 Å². The number of ether oxygens (including phenoxy) is 3. The minimum absolute atomic E-state index is 0.0115. The lowest BCUT2D eigenvalue weighted by Gasteiger charge is -2.15. The summed E-state index contributed by atoms with van der Waals surface area (Å²) < 4.78 is 29.5. The number of benzene rings is 1. The number of methoxy groups -OCH3 is 1. The van der Waals surface area contributed by atoms with Gasteiger partial charge in [0.15, 0.2) is 11.5 Å². The summed E-state index contributed by atoms with van der Waals surface area (Å²) in [5.74, 6) is -0.377. The van der Waals surface area contributed by atoms with Crippen LogP contribution >= 0.6 is 0 Å². The second-order valence-corrected chi connectivity index (χ2v) is 5.66. The van der Waals surface area contributed by atoms with Gasteiger partial charge >= 0.3 is 5.97 Å². The average Bonchev–Trinajstić information content (AvgIpc) is 3.13. The number of rotatable bonds is 5. The summed E-state index contributed by atoms with van der Waals surface area (Å²) in [6.45, 7) is 1.82. The monoisotopic (exact) mass is 347 g/mol. The van der Waals surface area contributed by atoms with Gasteiger partial charge in [-0.2, -0.15) is 0 Å². The average molecular weight is 347 g/mol. The molecule has 1 aromatic carbocycles. The van der Waals surface area contributed by atoms with Gasteiger partial charge in [-0.05, 0) is 24.6 Å². The first kappa shape index (κ1) is 17.1. The van der Waals surface area contributed by atoms with Crippen LogP contribution in [0.5, 0.6) is 5.75 Å². The second kappa shape index (κ2) is 7.43. The maximum Gasteiger partial charge on any atom is 0.358 e. The minimum atomic E-state index is -0.650. The molecular weight excluding hydrogens is 329 g/mol. The van der Waals surface area contributed by atoms with Gasteiger partial charge in [-0.3, -0.25) is 0 Å². The van der Waals surface area contributed by atoms with Crippen molar-refractivity contribution in [1.29, 1.82) is 0 Å². The molecule has 0 bridgehead atoms. The Hall–Kier alpha value is -2.74. The van der Waals surface area contributed by atoms with E-state index in [0.717, 1.165) is 13.0 Å². The van der Waals surface area contributed by atoms with Crippen molar-refractivity contribution < 1.29 is 23.4 Å². The van der Waals surface area contributed by atoms with E-state index in [1.54, 1.807) is 0 Å². The Morgan fingerprint density at radius 2 is 2.32 bits per heavy atom. The number of nitrogens with zero attached hydrogens (tertiary/aromatic N) is 2. The number of hydrogen-bond acceptors (Lipinski definition) is 7. The van der Waals surface area contributed by atoms with Crippen molar-refractivity contribution in [2.24, 2.45) is 5.92 Å². The van der Waals surface area contributed by atoms with Crippen molar-refractivity contribution in [2.75, 3.05) is 32.7 Å². The summed E-state index contributed by atoms with van der Waals surface area (Å²) in [5, 5.41) is 0. The van der Waals surface area contributed by atoms with Crippen LogP contribution in [0, 0.1) is 11.7 Å². The van der Waals surface area contributed by atoms with Gasteiger partial charge in [0, 0.05) is 18.1 Å². The lowest BCUT2D eigenvalue weighted by molar-refractivity contribution is 0.0593. The van der Waals surface area contributed by atoms with Gasteiger partial charge < -0.3 is 19.9 Å². The highest BCUT2D eigenvalue weighted by Crippen LogP contribution is 2.33. The molecular formula is C17H18FN3O4.